The van der Waals surface area contributed by atoms with E-state index >= 15 is 0 Å². The van der Waals surface area contributed by atoms with Gasteiger partial charge in [-0.3, -0.25) is 13.9 Å². The number of sulfonamides is 1. The molecule has 2 amide bonds. The molecule has 0 bridgehead atoms. The van der Waals surface area contributed by atoms with Gasteiger partial charge in [0.25, 0.3) is 10.0 Å². The maximum atomic E-state index is 14.5. The lowest BCUT2D eigenvalue weighted by Gasteiger charge is -2.34. The second-order valence-corrected chi connectivity index (χ2v) is 13.3. The molecular weight excluding hydrogens is 594 g/mol. The lowest BCUT2D eigenvalue weighted by atomic mass is 10.0. The molecule has 9 heteroatoms. The standard InChI is InChI=1S/C35H36ClN3O4S/c36-29-16-12-15-28(23-29)25-38(33(24-27-13-4-1-5-14-27)35(41)37-30-17-10-11-18-30)34(40)26-39(31-19-6-2-7-20-31)44(42,43)32-21-8-3-9-22-32/h1-9,12-16,19-23,30,33H,10-11,17-18,24-26H2,(H,37,41)/t33-/m1/s1. The maximum Gasteiger partial charge on any atom is 0.264 e. The number of nitrogens with one attached hydrogen (secondary N) is 1. The van der Waals surface area contributed by atoms with Gasteiger partial charge in [-0.2, -0.15) is 0 Å². The predicted molar refractivity (Wildman–Crippen MR) is 174 cm³/mol. The van der Waals surface area contributed by atoms with E-state index in [1.165, 1.54) is 17.0 Å². The van der Waals surface area contributed by atoms with Crippen LogP contribution in [0, 0.1) is 0 Å². The zero-order valence-corrected chi connectivity index (χ0v) is 26.0. The number of hydrogen-bond donors (Lipinski definition) is 1. The van der Waals surface area contributed by atoms with E-state index in [1.807, 2.05) is 36.4 Å². The highest BCUT2D eigenvalue weighted by atomic mass is 35.5. The van der Waals surface area contributed by atoms with E-state index < -0.39 is 28.5 Å². The van der Waals surface area contributed by atoms with E-state index in [-0.39, 0.29) is 29.8 Å². The molecule has 0 saturated heterocycles. The van der Waals surface area contributed by atoms with E-state index in [2.05, 4.69) is 5.32 Å². The van der Waals surface area contributed by atoms with Gasteiger partial charge in [-0.1, -0.05) is 103 Å². The third-order valence-corrected chi connectivity index (χ3v) is 9.89. The fourth-order valence-electron chi connectivity index (χ4n) is 5.60. The number of para-hydroxylation sites is 1. The van der Waals surface area contributed by atoms with Crippen molar-refractivity contribution >= 4 is 39.1 Å². The van der Waals surface area contributed by atoms with Crippen LogP contribution in [0.1, 0.15) is 36.8 Å². The third-order valence-electron chi connectivity index (χ3n) is 7.87. The summed E-state index contributed by atoms with van der Waals surface area (Å²) in [7, 11) is -4.12. The van der Waals surface area contributed by atoms with Gasteiger partial charge in [0, 0.05) is 24.0 Å². The Hall–Kier alpha value is -4.14. The summed E-state index contributed by atoms with van der Waals surface area (Å²) >= 11 is 6.31. The number of amides is 2. The number of anilines is 1. The number of halogens is 1. The van der Waals surface area contributed by atoms with Crippen LogP contribution in [0.4, 0.5) is 5.69 Å². The summed E-state index contributed by atoms with van der Waals surface area (Å²) in [6, 6.07) is 32.4. The van der Waals surface area contributed by atoms with Gasteiger partial charge >= 0.3 is 0 Å². The van der Waals surface area contributed by atoms with Crippen molar-refractivity contribution < 1.29 is 18.0 Å². The average Bonchev–Trinajstić information content (AvgIpc) is 3.56. The van der Waals surface area contributed by atoms with Crippen LogP contribution in [0.15, 0.2) is 120 Å². The van der Waals surface area contributed by atoms with Crippen LogP contribution in [0.3, 0.4) is 0 Å². The number of carbonyl (C=O) groups excluding carboxylic acids is 2. The Morgan fingerprint density at radius 3 is 2.02 bits per heavy atom. The molecule has 1 atom stereocenters. The van der Waals surface area contributed by atoms with Crippen molar-refractivity contribution in [3.05, 3.63) is 131 Å². The van der Waals surface area contributed by atoms with Crippen LogP contribution in [-0.2, 0) is 32.6 Å². The molecular formula is C35H36ClN3O4S. The summed E-state index contributed by atoms with van der Waals surface area (Å²) in [6.45, 7) is -0.424. The number of carbonyl (C=O) groups is 2. The monoisotopic (exact) mass is 629 g/mol. The lowest BCUT2D eigenvalue weighted by Crippen LogP contribution is -2.54. The zero-order chi connectivity index (χ0) is 30.9. The Labute approximate surface area is 264 Å². The molecule has 44 heavy (non-hydrogen) atoms. The molecule has 0 spiro atoms. The summed E-state index contributed by atoms with van der Waals surface area (Å²) < 4.78 is 29.1. The number of hydrogen-bond acceptors (Lipinski definition) is 4. The Balaban J connectivity index is 1.55. The number of nitrogens with zero attached hydrogens (tertiary/aromatic N) is 2. The van der Waals surface area contributed by atoms with Gasteiger partial charge in [0.15, 0.2) is 0 Å². The van der Waals surface area contributed by atoms with Gasteiger partial charge in [0.1, 0.15) is 12.6 Å². The highest BCUT2D eigenvalue weighted by molar-refractivity contribution is 7.92. The van der Waals surface area contributed by atoms with Crippen molar-refractivity contribution in [2.45, 2.75) is 55.6 Å². The highest BCUT2D eigenvalue weighted by Crippen LogP contribution is 2.26. The first-order valence-corrected chi connectivity index (χ1v) is 16.6. The first-order valence-electron chi connectivity index (χ1n) is 14.8. The van der Waals surface area contributed by atoms with Crippen LogP contribution in [0.25, 0.3) is 0 Å². The molecule has 5 rings (SSSR count). The largest absolute Gasteiger partial charge is 0.352 e. The molecule has 0 heterocycles. The van der Waals surface area contributed by atoms with Gasteiger partial charge in [-0.05, 0) is 60.4 Å². The second-order valence-electron chi connectivity index (χ2n) is 11.0. The maximum absolute atomic E-state index is 14.5. The first kappa shape index (κ1) is 31.3. The molecule has 0 aromatic heterocycles. The normalized spacial score (nSPS) is 14.1. The summed E-state index contributed by atoms with van der Waals surface area (Å²) in [5.74, 6) is -0.760. The minimum Gasteiger partial charge on any atom is -0.352 e. The van der Waals surface area contributed by atoms with Crippen LogP contribution in [-0.4, -0.2) is 43.8 Å². The fourth-order valence-corrected chi connectivity index (χ4v) is 7.24. The van der Waals surface area contributed by atoms with Gasteiger partial charge in [-0.25, -0.2) is 8.42 Å². The fraction of sp³-hybridized carbons (Fsp3) is 0.257. The van der Waals surface area contributed by atoms with Gasteiger partial charge < -0.3 is 10.2 Å². The molecule has 0 aliphatic heterocycles. The molecule has 1 fully saturated rings. The Morgan fingerprint density at radius 1 is 0.795 bits per heavy atom. The summed E-state index contributed by atoms with van der Waals surface area (Å²) in [6.07, 6.45) is 4.14. The van der Waals surface area contributed by atoms with Crippen LogP contribution in [0.2, 0.25) is 5.02 Å². The lowest BCUT2D eigenvalue weighted by molar-refractivity contribution is -0.140. The summed E-state index contributed by atoms with van der Waals surface area (Å²) in [5, 5.41) is 3.68. The topological polar surface area (TPSA) is 86.8 Å². The zero-order valence-electron chi connectivity index (χ0n) is 24.4. The van der Waals surface area contributed by atoms with Crippen molar-refractivity contribution in [2.24, 2.45) is 0 Å². The molecule has 4 aromatic carbocycles. The Morgan fingerprint density at radius 2 is 1.39 bits per heavy atom. The molecule has 4 aromatic rings. The van der Waals surface area contributed by atoms with Crippen molar-refractivity contribution in [3.8, 4) is 0 Å². The van der Waals surface area contributed by atoms with Crippen LogP contribution in [0.5, 0.6) is 0 Å². The second kappa shape index (κ2) is 14.6. The van der Waals surface area contributed by atoms with E-state index in [0.29, 0.717) is 10.7 Å². The molecule has 0 radical (unpaired) electrons. The minimum atomic E-state index is -4.12. The smallest absolute Gasteiger partial charge is 0.264 e. The SMILES string of the molecule is O=C(NC1CCCC1)[C@@H](Cc1ccccc1)N(Cc1cccc(Cl)c1)C(=O)CN(c1ccccc1)S(=O)(=O)c1ccccc1. The van der Waals surface area contributed by atoms with E-state index in [4.69, 9.17) is 11.6 Å². The van der Waals surface area contributed by atoms with E-state index in [0.717, 1.165) is 41.1 Å². The van der Waals surface area contributed by atoms with Crippen molar-refractivity contribution in [1.82, 2.24) is 10.2 Å². The predicted octanol–water partition coefficient (Wildman–Crippen LogP) is 6.23. The van der Waals surface area contributed by atoms with Crippen molar-refractivity contribution in [3.63, 3.8) is 0 Å². The average molecular weight is 630 g/mol. The molecule has 1 N–H and O–H groups in total. The molecule has 1 aliphatic carbocycles. The van der Waals surface area contributed by atoms with Crippen LogP contribution < -0.4 is 9.62 Å². The molecule has 0 unspecified atom stereocenters. The highest BCUT2D eigenvalue weighted by Gasteiger charge is 2.35. The number of rotatable bonds is 12. The molecule has 7 nitrogen and oxygen atoms in total. The third kappa shape index (κ3) is 7.87. The summed E-state index contributed by atoms with van der Waals surface area (Å²) in [4.78, 5) is 30.1. The first-order chi connectivity index (χ1) is 21.3. The molecule has 1 saturated carbocycles. The van der Waals surface area contributed by atoms with Crippen molar-refractivity contribution in [1.29, 1.82) is 0 Å². The van der Waals surface area contributed by atoms with Crippen LogP contribution >= 0.6 is 11.6 Å². The Bertz CT molecular complexity index is 1650. The Kier molecular flexibility index (Phi) is 10.4. The van der Waals surface area contributed by atoms with E-state index in [9.17, 15) is 18.0 Å². The molecule has 228 valence electrons. The van der Waals surface area contributed by atoms with Crippen molar-refractivity contribution in [2.75, 3.05) is 10.8 Å². The van der Waals surface area contributed by atoms with E-state index in [1.54, 1.807) is 66.7 Å². The number of benzene rings is 4. The minimum absolute atomic E-state index is 0.0446. The van der Waals surface area contributed by atoms with Gasteiger partial charge in [0.2, 0.25) is 11.8 Å². The quantitative estimate of drug-likeness (QED) is 0.201. The van der Waals surface area contributed by atoms with Gasteiger partial charge in [-0.15, -0.1) is 0 Å². The molecule has 1 aliphatic rings. The van der Waals surface area contributed by atoms with Gasteiger partial charge in [0.05, 0.1) is 10.6 Å². The summed E-state index contributed by atoms with van der Waals surface area (Å²) in [5.41, 5.74) is 1.97.